The average Bonchev–Trinajstić information content (AvgIpc) is 3.03. The SMILES string of the molecule is C[B]CCCN1c2ccccc2N(CCCCN2c3ccccc3N(CCCBr)c3ccccc32)c2ccccc21. The standard InChI is InChI=1S/C35H39BBrN4/c1-36-22-12-26-40-32-18-6-2-14-28(32)38(29-15-3-7-19-33(29)40)24-10-11-25-39-30-16-4-8-20-34(30)41(27-13-23-37)35-21-9-5-17-31(35)39/h2-9,14-21H,10-13,22-27H2,1H3. The van der Waals surface area contributed by atoms with Gasteiger partial charge in [-0.2, -0.15) is 0 Å². The summed E-state index contributed by atoms with van der Waals surface area (Å²) in [6.45, 7) is 6.19. The van der Waals surface area contributed by atoms with E-state index in [9.17, 15) is 0 Å². The van der Waals surface area contributed by atoms with E-state index in [0.717, 1.165) is 63.5 Å². The van der Waals surface area contributed by atoms with Gasteiger partial charge in [-0.1, -0.05) is 77.6 Å². The molecule has 41 heavy (non-hydrogen) atoms. The van der Waals surface area contributed by atoms with E-state index in [1.54, 1.807) is 0 Å². The predicted molar refractivity (Wildman–Crippen MR) is 182 cm³/mol. The van der Waals surface area contributed by atoms with Crippen molar-refractivity contribution in [2.75, 3.05) is 51.1 Å². The molecule has 0 spiro atoms. The first kappa shape index (κ1) is 27.8. The fourth-order valence-corrected chi connectivity index (χ4v) is 6.63. The summed E-state index contributed by atoms with van der Waals surface area (Å²) in [5.41, 5.74) is 10.5. The van der Waals surface area contributed by atoms with Crippen molar-refractivity contribution in [1.29, 1.82) is 0 Å². The maximum absolute atomic E-state index is 3.64. The summed E-state index contributed by atoms with van der Waals surface area (Å²) in [7, 11) is 2.27. The zero-order valence-corrected chi connectivity index (χ0v) is 25.6. The van der Waals surface area contributed by atoms with Gasteiger partial charge in [0.05, 0.1) is 45.5 Å². The van der Waals surface area contributed by atoms with Crippen LogP contribution in [0.25, 0.3) is 0 Å². The number of hydrogen-bond donors (Lipinski definition) is 0. The molecule has 209 valence electrons. The maximum Gasteiger partial charge on any atom is 0.105 e. The number of halogens is 1. The topological polar surface area (TPSA) is 13.0 Å². The Kier molecular flexibility index (Phi) is 8.86. The number of fused-ring (bicyclic) bond motifs is 4. The van der Waals surface area contributed by atoms with E-state index in [1.807, 2.05) is 0 Å². The molecule has 0 saturated heterocycles. The van der Waals surface area contributed by atoms with Crippen LogP contribution in [0.2, 0.25) is 13.1 Å². The lowest BCUT2D eigenvalue weighted by Crippen LogP contribution is -2.32. The summed E-state index contributed by atoms with van der Waals surface area (Å²) in [6, 6.07) is 35.7. The van der Waals surface area contributed by atoms with Gasteiger partial charge in [0.15, 0.2) is 0 Å². The Bertz CT molecular complexity index is 1360. The summed E-state index contributed by atoms with van der Waals surface area (Å²) >= 11 is 3.64. The second-order valence-corrected chi connectivity index (χ2v) is 11.7. The minimum Gasteiger partial charge on any atom is -0.338 e. The molecule has 0 unspecified atom stereocenters. The third kappa shape index (κ3) is 5.59. The minimum atomic E-state index is 0.997. The maximum atomic E-state index is 3.64. The van der Waals surface area contributed by atoms with Crippen molar-refractivity contribution < 1.29 is 0 Å². The number of alkyl halides is 1. The zero-order chi connectivity index (χ0) is 28.0. The lowest BCUT2D eigenvalue weighted by Gasteiger charge is -2.41. The quantitative estimate of drug-likeness (QED) is 0.0905. The lowest BCUT2D eigenvalue weighted by atomic mass is 9.77. The minimum absolute atomic E-state index is 0.997. The largest absolute Gasteiger partial charge is 0.338 e. The summed E-state index contributed by atoms with van der Waals surface area (Å²) in [5, 5.41) is 1.01. The van der Waals surface area contributed by atoms with Crippen LogP contribution in [0.1, 0.15) is 25.7 Å². The third-order valence-corrected chi connectivity index (χ3v) is 8.82. The van der Waals surface area contributed by atoms with Gasteiger partial charge in [-0.15, -0.1) is 0 Å². The summed E-state index contributed by atoms with van der Waals surface area (Å²) < 4.78 is 0. The van der Waals surface area contributed by atoms with Gasteiger partial charge in [0.25, 0.3) is 0 Å². The molecular weight excluding hydrogens is 567 g/mol. The van der Waals surface area contributed by atoms with E-state index in [2.05, 4.69) is 147 Å². The molecule has 0 bridgehead atoms. The molecule has 6 rings (SSSR count). The van der Waals surface area contributed by atoms with Crippen molar-refractivity contribution in [2.24, 2.45) is 0 Å². The number of benzene rings is 4. The van der Waals surface area contributed by atoms with E-state index in [1.165, 1.54) is 45.5 Å². The van der Waals surface area contributed by atoms with Crippen LogP contribution in [-0.2, 0) is 0 Å². The van der Waals surface area contributed by atoms with E-state index in [-0.39, 0.29) is 0 Å². The molecule has 2 aliphatic rings. The normalized spacial score (nSPS) is 13.4. The van der Waals surface area contributed by atoms with Crippen molar-refractivity contribution in [3.05, 3.63) is 97.1 Å². The van der Waals surface area contributed by atoms with Crippen LogP contribution in [0, 0.1) is 0 Å². The predicted octanol–water partition coefficient (Wildman–Crippen LogP) is 9.69. The summed E-state index contributed by atoms with van der Waals surface area (Å²) in [4.78, 5) is 10.1. The third-order valence-electron chi connectivity index (χ3n) is 8.26. The molecule has 0 atom stereocenters. The Labute approximate surface area is 254 Å². The molecule has 0 aromatic heterocycles. The van der Waals surface area contributed by atoms with Crippen LogP contribution >= 0.6 is 15.9 Å². The monoisotopic (exact) mass is 605 g/mol. The Balaban J connectivity index is 1.21. The van der Waals surface area contributed by atoms with Gasteiger partial charge in [-0.05, 0) is 74.2 Å². The molecule has 0 N–H and O–H groups in total. The van der Waals surface area contributed by atoms with Gasteiger partial charge in [0, 0.05) is 31.5 Å². The van der Waals surface area contributed by atoms with Crippen LogP contribution in [0.4, 0.5) is 45.5 Å². The van der Waals surface area contributed by atoms with Gasteiger partial charge in [0.1, 0.15) is 7.28 Å². The fraction of sp³-hybridized carbons (Fsp3) is 0.314. The number of unbranched alkanes of at least 4 members (excludes halogenated alkanes) is 1. The number of anilines is 8. The Morgan fingerprint density at radius 1 is 0.439 bits per heavy atom. The fourth-order valence-electron chi connectivity index (χ4n) is 6.38. The van der Waals surface area contributed by atoms with E-state index < -0.39 is 0 Å². The highest BCUT2D eigenvalue weighted by molar-refractivity contribution is 9.09. The first-order valence-electron chi connectivity index (χ1n) is 15.1. The summed E-state index contributed by atoms with van der Waals surface area (Å²) in [6.07, 6.45) is 5.63. The average molecular weight is 606 g/mol. The second kappa shape index (κ2) is 13.1. The molecule has 0 fully saturated rings. The van der Waals surface area contributed by atoms with Crippen molar-refractivity contribution in [3.8, 4) is 0 Å². The van der Waals surface area contributed by atoms with Gasteiger partial charge >= 0.3 is 0 Å². The van der Waals surface area contributed by atoms with E-state index in [4.69, 9.17) is 0 Å². The Morgan fingerprint density at radius 3 is 0.976 bits per heavy atom. The van der Waals surface area contributed by atoms with E-state index >= 15 is 0 Å². The molecule has 2 heterocycles. The van der Waals surface area contributed by atoms with Crippen LogP contribution in [0.5, 0.6) is 0 Å². The molecule has 6 heteroatoms. The smallest absolute Gasteiger partial charge is 0.105 e. The molecular formula is C35H39BBrN4. The molecule has 4 aromatic rings. The van der Waals surface area contributed by atoms with Crippen molar-refractivity contribution in [3.63, 3.8) is 0 Å². The number of para-hydroxylation sites is 8. The van der Waals surface area contributed by atoms with Crippen molar-refractivity contribution >= 4 is 68.7 Å². The molecule has 0 saturated carbocycles. The van der Waals surface area contributed by atoms with Gasteiger partial charge in [-0.3, -0.25) is 0 Å². The van der Waals surface area contributed by atoms with Gasteiger partial charge < -0.3 is 19.6 Å². The molecule has 4 nitrogen and oxygen atoms in total. The highest BCUT2D eigenvalue weighted by Gasteiger charge is 2.29. The van der Waals surface area contributed by atoms with Crippen LogP contribution in [0.15, 0.2) is 97.1 Å². The molecule has 1 radical (unpaired) electrons. The van der Waals surface area contributed by atoms with Crippen LogP contribution < -0.4 is 19.6 Å². The first-order valence-corrected chi connectivity index (χ1v) is 16.2. The lowest BCUT2D eigenvalue weighted by molar-refractivity contribution is 0.722. The Morgan fingerprint density at radius 2 is 0.707 bits per heavy atom. The summed E-state index contributed by atoms with van der Waals surface area (Å²) in [5.74, 6) is 0. The number of rotatable bonds is 12. The molecule has 0 aliphatic carbocycles. The zero-order valence-electron chi connectivity index (χ0n) is 24.1. The molecule has 2 aliphatic heterocycles. The van der Waals surface area contributed by atoms with Gasteiger partial charge in [-0.25, -0.2) is 0 Å². The number of hydrogen-bond acceptors (Lipinski definition) is 4. The van der Waals surface area contributed by atoms with Crippen molar-refractivity contribution in [1.82, 2.24) is 0 Å². The van der Waals surface area contributed by atoms with Crippen molar-refractivity contribution in [2.45, 2.75) is 38.8 Å². The number of nitrogens with zero attached hydrogens (tertiary/aromatic N) is 4. The molecule has 4 aromatic carbocycles. The Hall–Kier alpha value is -3.38. The highest BCUT2D eigenvalue weighted by atomic mass is 79.9. The van der Waals surface area contributed by atoms with Gasteiger partial charge in [0.2, 0.25) is 0 Å². The second-order valence-electron chi connectivity index (χ2n) is 10.9. The molecule has 0 amide bonds. The highest BCUT2D eigenvalue weighted by Crippen LogP contribution is 2.49. The van der Waals surface area contributed by atoms with Crippen LogP contribution in [-0.4, -0.2) is 38.8 Å². The van der Waals surface area contributed by atoms with E-state index in [0.29, 0.717) is 0 Å². The van der Waals surface area contributed by atoms with Crippen LogP contribution in [0.3, 0.4) is 0 Å². The first-order chi connectivity index (χ1) is 20.3.